The van der Waals surface area contributed by atoms with E-state index in [0.717, 1.165) is 16.3 Å². The Kier molecular flexibility index (Phi) is 3.90. The molecule has 5 heteroatoms. The Balaban J connectivity index is 2.20. The number of halogens is 1. The zero-order valence-corrected chi connectivity index (χ0v) is 12.4. The van der Waals surface area contributed by atoms with Crippen molar-refractivity contribution in [1.82, 2.24) is 4.98 Å². The van der Waals surface area contributed by atoms with Crippen LogP contribution in [0.5, 0.6) is 0 Å². The van der Waals surface area contributed by atoms with E-state index in [0.29, 0.717) is 6.42 Å². The predicted molar refractivity (Wildman–Crippen MR) is 77.0 cm³/mol. The van der Waals surface area contributed by atoms with Crippen molar-refractivity contribution in [3.8, 4) is 0 Å². The van der Waals surface area contributed by atoms with Crippen LogP contribution in [0.1, 0.15) is 47.4 Å². The van der Waals surface area contributed by atoms with E-state index in [4.69, 9.17) is 5.11 Å². The van der Waals surface area contributed by atoms with E-state index < -0.39 is 11.8 Å². The van der Waals surface area contributed by atoms with Crippen LogP contribution in [0.3, 0.4) is 0 Å². The van der Waals surface area contributed by atoms with Crippen molar-refractivity contribution >= 4 is 17.3 Å². The van der Waals surface area contributed by atoms with Gasteiger partial charge in [-0.05, 0) is 17.7 Å². The molecule has 3 nitrogen and oxygen atoms in total. The zero-order chi connectivity index (χ0) is 14.9. The number of rotatable bonds is 3. The molecule has 1 aromatic carbocycles. The number of nitrogens with zero attached hydrogens (tertiary/aromatic N) is 1. The number of carbonyl (C=O) groups is 1. The molecule has 0 aliphatic heterocycles. The maximum atomic E-state index is 13.6. The van der Waals surface area contributed by atoms with Crippen molar-refractivity contribution in [3.63, 3.8) is 0 Å². The lowest BCUT2D eigenvalue weighted by Crippen LogP contribution is -2.11. The molecule has 1 heterocycles. The summed E-state index contributed by atoms with van der Waals surface area (Å²) in [6, 6.07) is 4.19. The molecule has 0 atom stereocenters. The lowest BCUT2D eigenvalue weighted by molar-refractivity contribution is 0.0692. The second-order valence-corrected chi connectivity index (χ2v) is 6.62. The topological polar surface area (TPSA) is 50.2 Å². The number of carboxylic acids is 1. The molecular formula is C15H16FNO2S. The van der Waals surface area contributed by atoms with E-state index in [1.807, 2.05) is 5.38 Å². The predicted octanol–water partition coefficient (Wildman–Crippen LogP) is 3.87. The minimum atomic E-state index is -1.25. The maximum Gasteiger partial charge on any atom is 0.338 e. The van der Waals surface area contributed by atoms with Crippen LogP contribution >= 0.6 is 11.3 Å². The fourth-order valence-corrected chi connectivity index (χ4v) is 2.81. The Morgan fingerprint density at radius 1 is 1.40 bits per heavy atom. The van der Waals surface area contributed by atoms with Gasteiger partial charge in [-0.25, -0.2) is 14.2 Å². The Bertz CT molecular complexity index is 644. The van der Waals surface area contributed by atoms with Crippen LogP contribution in [0.4, 0.5) is 4.39 Å². The second-order valence-electron chi connectivity index (χ2n) is 5.67. The third kappa shape index (κ3) is 3.22. The van der Waals surface area contributed by atoms with Crippen molar-refractivity contribution in [2.75, 3.05) is 0 Å². The molecule has 0 aliphatic carbocycles. The standard InChI is InChI=1S/C15H16FNO2S/c1-15(2,3)12-8-20-13(17-12)7-9-4-5-10(14(18)19)11(16)6-9/h4-6,8H,7H2,1-3H3,(H,18,19). The van der Waals surface area contributed by atoms with Crippen LogP contribution in [0, 0.1) is 5.82 Å². The molecule has 0 radical (unpaired) electrons. The van der Waals surface area contributed by atoms with Gasteiger partial charge in [0.1, 0.15) is 5.82 Å². The summed E-state index contributed by atoms with van der Waals surface area (Å²) >= 11 is 1.54. The quantitative estimate of drug-likeness (QED) is 0.934. The minimum absolute atomic E-state index is 0.00678. The number of thiazole rings is 1. The highest BCUT2D eigenvalue weighted by molar-refractivity contribution is 7.09. The average molecular weight is 293 g/mol. The van der Waals surface area contributed by atoms with Crippen LogP contribution in [-0.2, 0) is 11.8 Å². The first-order valence-corrected chi connectivity index (χ1v) is 7.12. The fourth-order valence-electron chi connectivity index (χ4n) is 1.75. The first kappa shape index (κ1) is 14.7. The summed E-state index contributed by atoms with van der Waals surface area (Å²) in [6.07, 6.45) is 0.511. The lowest BCUT2D eigenvalue weighted by Gasteiger charge is -2.14. The van der Waals surface area contributed by atoms with Gasteiger partial charge in [-0.15, -0.1) is 11.3 Å². The molecule has 106 valence electrons. The SMILES string of the molecule is CC(C)(C)c1csc(Cc2ccc(C(=O)O)c(F)c2)n1. The molecule has 20 heavy (non-hydrogen) atoms. The third-order valence-corrected chi connectivity index (χ3v) is 3.79. The fraction of sp³-hybridized carbons (Fsp3) is 0.333. The van der Waals surface area contributed by atoms with Gasteiger partial charge in [-0.3, -0.25) is 0 Å². The van der Waals surface area contributed by atoms with Crippen LogP contribution in [0.2, 0.25) is 0 Å². The van der Waals surface area contributed by atoms with Gasteiger partial charge < -0.3 is 5.11 Å². The van der Waals surface area contributed by atoms with Gasteiger partial charge in [0.25, 0.3) is 0 Å². The molecule has 0 bridgehead atoms. The van der Waals surface area contributed by atoms with Gasteiger partial charge in [-0.2, -0.15) is 0 Å². The summed E-state index contributed by atoms with van der Waals surface area (Å²) in [5, 5.41) is 11.7. The molecule has 0 saturated heterocycles. The summed E-state index contributed by atoms with van der Waals surface area (Å²) in [6.45, 7) is 6.27. The highest BCUT2D eigenvalue weighted by atomic mass is 32.1. The molecule has 0 spiro atoms. The van der Waals surface area contributed by atoms with Gasteiger partial charge in [0.15, 0.2) is 0 Å². The normalized spacial score (nSPS) is 11.6. The summed E-state index contributed by atoms with van der Waals surface area (Å²) in [4.78, 5) is 15.3. The van der Waals surface area contributed by atoms with E-state index >= 15 is 0 Å². The Morgan fingerprint density at radius 2 is 2.10 bits per heavy atom. The van der Waals surface area contributed by atoms with Crippen molar-refractivity contribution in [2.24, 2.45) is 0 Å². The van der Waals surface area contributed by atoms with Crippen LogP contribution < -0.4 is 0 Å². The van der Waals surface area contributed by atoms with Gasteiger partial charge in [0.2, 0.25) is 0 Å². The van der Waals surface area contributed by atoms with Crippen LogP contribution in [0.15, 0.2) is 23.6 Å². The van der Waals surface area contributed by atoms with Crippen molar-refractivity contribution in [2.45, 2.75) is 32.6 Å². The summed E-state index contributed by atoms with van der Waals surface area (Å²) < 4.78 is 13.6. The molecular weight excluding hydrogens is 277 g/mol. The molecule has 0 unspecified atom stereocenters. The highest BCUT2D eigenvalue weighted by Gasteiger charge is 2.18. The molecule has 0 fully saturated rings. The molecule has 2 rings (SSSR count). The monoisotopic (exact) mass is 293 g/mol. The Morgan fingerprint density at radius 3 is 2.60 bits per heavy atom. The molecule has 1 N–H and O–H groups in total. The molecule has 0 aliphatic rings. The van der Waals surface area contributed by atoms with Gasteiger partial charge in [-0.1, -0.05) is 26.8 Å². The first-order chi connectivity index (χ1) is 9.27. The number of hydrogen-bond acceptors (Lipinski definition) is 3. The molecule has 0 saturated carbocycles. The molecule has 2 aromatic rings. The van der Waals surface area contributed by atoms with Gasteiger partial charge in [0.05, 0.1) is 16.3 Å². The largest absolute Gasteiger partial charge is 0.478 e. The smallest absolute Gasteiger partial charge is 0.338 e. The average Bonchev–Trinajstić information content (AvgIpc) is 2.76. The Hall–Kier alpha value is -1.75. The number of hydrogen-bond donors (Lipinski definition) is 1. The van der Waals surface area contributed by atoms with Gasteiger partial charge in [0, 0.05) is 17.2 Å². The summed E-state index contributed by atoms with van der Waals surface area (Å²) in [5.74, 6) is -1.96. The second kappa shape index (κ2) is 5.32. The maximum absolute atomic E-state index is 13.6. The van der Waals surface area contributed by atoms with Crippen molar-refractivity contribution in [3.05, 3.63) is 51.2 Å². The van der Waals surface area contributed by atoms with Crippen molar-refractivity contribution < 1.29 is 14.3 Å². The van der Waals surface area contributed by atoms with Crippen molar-refractivity contribution in [1.29, 1.82) is 0 Å². The third-order valence-electron chi connectivity index (χ3n) is 2.94. The molecule has 1 aromatic heterocycles. The minimum Gasteiger partial charge on any atom is -0.478 e. The van der Waals surface area contributed by atoms with Crippen LogP contribution in [0.25, 0.3) is 0 Å². The Labute approximate surface area is 121 Å². The van der Waals surface area contributed by atoms with E-state index in [1.54, 1.807) is 6.07 Å². The number of aromatic nitrogens is 1. The lowest BCUT2D eigenvalue weighted by atomic mass is 9.93. The number of carboxylic acid groups (broad SMARTS) is 1. The highest BCUT2D eigenvalue weighted by Crippen LogP contribution is 2.25. The number of benzene rings is 1. The van der Waals surface area contributed by atoms with E-state index in [-0.39, 0.29) is 11.0 Å². The van der Waals surface area contributed by atoms with Crippen LogP contribution in [-0.4, -0.2) is 16.1 Å². The number of aromatic carboxylic acids is 1. The zero-order valence-electron chi connectivity index (χ0n) is 11.6. The molecule has 0 amide bonds. The van der Waals surface area contributed by atoms with E-state index in [1.165, 1.54) is 23.5 Å². The van der Waals surface area contributed by atoms with E-state index in [9.17, 15) is 9.18 Å². The summed E-state index contributed by atoms with van der Waals surface area (Å²) in [7, 11) is 0. The first-order valence-electron chi connectivity index (χ1n) is 6.24. The van der Waals surface area contributed by atoms with E-state index in [2.05, 4.69) is 25.8 Å². The summed E-state index contributed by atoms with van der Waals surface area (Å²) in [5.41, 5.74) is 1.43. The van der Waals surface area contributed by atoms with Gasteiger partial charge >= 0.3 is 5.97 Å².